The molecule has 0 N–H and O–H groups in total. The van der Waals surface area contributed by atoms with Gasteiger partial charge in [0.2, 0.25) is 0 Å². The molecular formula is C28H30O. The van der Waals surface area contributed by atoms with Crippen LogP contribution in [-0.4, -0.2) is 0 Å². The molecule has 1 nitrogen and oxygen atoms in total. The zero-order valence-corrected chi connectivity index (χ0v) is 17.7. The van der Waals surface area contributed by atoms with E-state index in [4.69, 9.17) is 4.42 Å². The van der Waals surface area contributed by atoms with Crippen LogP contribution in [0, 0.1) is 5.92 Å². The Labute approximate surface area is 174 Å². The minimum absolute atomic E-state index is 0.524. The van der Waals surface area contributed by atoms with Crippen molar-refractivity contribution in [3.8, 4) is 11.1 Å². The van der Waals surface area contributed by atoms with Crippen LogP contribution in [0.5, 0.6) is 0 Å². The van der Waals surface area contributed by atoms with Crippen LogP contribution in [0.3, 0.4) is 0 Å². The molecule has 1 atom stereocenters. The summed E-state index contributed by atoms with van der Waals surface area (Å²) in [6.45, 7) is 6.74. The van der Waals surface area contributed by atoms with E-state index in [2.05, 4.69) is 93.6 Å². The van der Waals surface area contributed by atoms with Crippen molar-refractivity contribution in [2.45, 2.75) is 46.0 Å². The monoisotopic (exact) mass is 382 g/mol. The molecule has 1 aliphatic rings. The Hall–Kier alpha value is -2.80. The van der Waals surface area contributed by atoms with Gasteiger partial charge in [-0.3, -0.25) is 0 Å². The molecule has 1 heterocycles. The summed E-state index contributed by atoms with van der Waals surface area (Å²) < 4.78 is 5.89. The van der Waals surface area contributed by atoms with Crippen molar-refractivity contribution in [2.24, 2.45) is 5.92 Å². The Morgan fingerprint density at radius 3 is 2.28 bits per heavy atom. The molecule has 148 valence electrons. The van der Waals surface area contributed by atoms with E-state index in [9.17, 15) is 0 Å². The lowest BCUT2D eigenvalue weighted by atomic mass is 9.86. The lowest BCUT2D eigenvalue weighted by Crippen LogP contribution is -2.03. The van der Waals surface area contributed by atoms with Crippen LogP contribution in [0.15, 0.2) is 89.1 Å². The Morgan fingerprint density at radius 1 is 0.828 bits per heavy atom. The second kappa shape index (κ2) is 8.69. The Bertz CT molecular complexity index is 1000. The summed E-state index contributed by atoms with van der Waals surface area (Å²) >= 11 is 0. The van der Waals surface area contributed by atoms with Crippen molar-refractivity contribution < 1.29 is 4.42 Å². The van der Waals surface area contributed by atoms with Gasteiger partial charge in [-0.2, -0.15) is 0 Å². The van der Waals surface area contributed by atoms with Gasteiger partial charge in [-0.25, -0.2) is 0 Å². The molecule has 1 heteroatoms. The van der Waals surface area contributed by atoms with Crippen LogP contribution < -0.4 is 0 Å². The van der Waals surface area contributed by atoms with Gasteiger partial charge in [0.1, 0.15) is 5.76 Å². The summed E-state index contributed by atoms with van der Waals surface area (Å²) in [5.74, 6) is 2.15. The second-order valence-corrected chi connectivity index (χ2v) is 8.27. The highest BCUT2D eigenvalue weighted by atomic mass is 16.3. The van der Waals surface area contributed by atoms with E-state index < -0.39 is 0 Å². The van der Waals surface area contributed by atoms with E-state index in [0.717, 1.165) is 25.0 Å². The smallest absolute Gasteiger partial charge is 0.104 e. The van der Waals surface area contributed by atoms with Gasteiger partial charge in [0.25, 0.3) is 0 Å². The number of hydrogen-bond acceptors (Lipinski definition) is 1. The van der Waals surface area contributed by atoms with Crippen LogP contribution in [0.4, 0.5) is 0 Å². The van der Waals surface area contributed by atoms with E-state index in [1.54, 1.807) is 0 Å². The third-order valence-electron chi connectivity index (χ3n) is 6.04. The highest BCUT2D eigenvalue weighted by Crippen LogP contribution is 2.38. The van der Waals surface area contributed by atoms with Gasteiger partial charge in [-0.15, -0.1) is 0 Å². The highest BCUT2D eigenvalue weighted by molar-refractivity contribution is 5.74. The summed E-state index contributed by atoms with van der Waals surface area (Å²) in [7, 11) is 0. The number of allylic oxidation sites excluding steroid dienone is 4. The van der Waals surface area contributed by atoms with Crippen molar-refractivity contribution in [1.29, 1.82) is 0 Å². The Morgan fingerprint density at radius 2 is 1.59 bits per heavy atom. The molecule has 3 aromatic rings. The van der Waals surface area contributed by atoms with E-state index in [1.807, 2.05) is 6.26 Å². The SMILES string of the molecule is CCC1C(CCc2cc(-c3ccc(C(C)C)cc3)co2)=CC=C1c1ccccc1. The van der Waals surface area contributed by atoms with Crippen molar-refractivity contribution in [3.63, 3.8) is 0 Å². The molecule has 0 aliphatic heterocycles. The van der Waals surface area contributed by atoms with Crippen molar-refractivity contribution in [2.75, 3.05) is 0 Å². The molecule has 0 saturated heterocycles. The zero-order valence-electron chi connectivity index (χ0n) is 17.7. The highest BCUT2D eigenvalue weighted by Gasteiger charge is 2.22. The molecule has 0 amide bonds. The standard InChI is InChI=1S/C28H30O/c1-4-27-24(15-17-28(27)23-8-6-5-7-9-23)14-16-26-18-25(19-29-26)22-12-10-21(11-13-22)20(2)3/h5-13,15,17-20,27H,4,14,16H2,1-3H3. The molecular weight excluding hydrogens is 352 g/mol. The molecule has 0 radical (unpaired) electrons. The predicted octanol–water partition coefficient (Wildman–Crippen LogP) is 8.05. The van der Waals surface area contributed by atoms with Gasteiger partial charge < -0.3 is 4.42 Å². The third-order valence-corrected chi connectivity index (χ3v) is 6.04. The zero-order chi connectivity index (χ0) is 20.2. The van der Waals surface area contributed by atoms with Crippen LogP contribution in [-0.2, 0) is 6.42 Å². The van der Waals surface area contributed by atoms with Crippen LogP contribution in [0.2, 0.25) is 0 Å². The summed E-state index contributed by atoms with van der Waals surface area (Å²) in [6.07, 6.45) is 9.66. The maximum absolute atomic E-state index is 5.89. The predicted molar refractivity (Wildman–Crippen MR) is 123 cm³/mol. The van der Waals surface area contributed by atoms with Crippen LogP contribution in [0.1, 0.15) is 56.4 Å². The third kappa shape index (κ3) is 4.29. The fraction of sp³-hybridized carbons (Fsp3) is 0.286. The topological polar surface area (TPSA) is 13.1 Å². The minimum Gasteiger partial charge on any atom is -0.469 e. The summed E-state index contributed by atoms with van der Waals surface area (Å²) in [4.78, 5) is 0. The first-order valence-electron chi connectivity index (χ1n) is 10.8. The Kier molecular flexibility index (Phi) is 5.85. The molecule has 0 fully saturated rings. The average molecular weight is 383 g/mol. The quantitative estimate of drug-likeness (QED) is 0.403. The molecule has 1 aliphatic carbocycles. The second-order valence-electron chi connectivity index (χ2n) is 8.27. The van der Waals surface area contributed by atoms with E-state index >= 15 is 0 Å². The minimum atomic E-state index is 0.524. The van der Waals surface area contributed by atoms with E-state index in [0.29, 0.717) is 11.8 Å². The largest absolute Gasteiger partial charge is 0.469 e. The van der Waals surface area contributed by atoms with E-state index in [-0.39, 0.29) is 0 Å². The first kappa shape index (κ1) is 19.5. The molecule has 0 bridgehead atoms. The first-order chi connectivity index (χ1) is 14.2. The number of aryl methyl sites for hydroxylation is 1. The van der Waals surface area contributed by atoms with Gasteiger partial charge >= 0.3 is 0 Å². The molecule has 0 spiro atoms. The van der Waals surface area contributed by atoms with Gasteiger partial charge in [0, 0.05) is 17.9 Å². The van der Waals surface area contributed by atoms with Gasteiger partial charge in [-0.1, -0.05) is 93.1 Å². The molecule has 1 unspecified atom stereocenters. The van der Waals surface area contributed by atoms with Crippen LogP contribution in [0.25, 0.3) is 16.7 Å². The summed E-state index contributed by atoms with van der Waals surface area (Å²) in [5.41, 5.74) is 8.09. The maximum Gasteiger partial charge on any atom is 0.104 e. The lowest BCUT2D eigenvalue weighted by molar-refractivity contribution is 0.505. The molecule has 29 heavy (non-hydrogen) atoms. The van der Waals surface area contributed by atoms with Gasteiger partial charge in [-0.05, 0) is 47.1 Å². The summed E-state index contributed by atoms with van der Waals surface area (Å²) in [5, 5.41) is 0. The average Bonchev–Trinajstić information content (AvgIpc) is 3.39. The van der Waals surface area contributed by atoms with Gasteiger partial charge in [0.05, 0.1) is 6.26 Å². The number of hydrogen-bond donors (Lipinski definition) is 0. The van der Waals surface area contributed by atoms with E-state index in [1.165, 1.54) is 33.4 Å². The molecule has 2 aromatic carbocycles. The van der Waals surface area contributed by atoms with Gasteiger partial charge in [0.15, 0.2) is 0 Å². The summed E-state index contributed by atoms with van der Waals surface area (Å²) in [6, 6.07) is 21.8. The number of furan rings is 1. The maximum atomic E-state index is 5.89. The van der Waals surface area contributed by atoms with Crippen molar-refractivity contribution >= 4 is 5.57 Å². The fourth-order valence-electron chi connectivity index (χ4n) is 4.29. The van der Waals surface area contributed by atoms with Crippen molar-refractivity contribution in [3.05, 3.63) is 102 Å². The first-order valence-corrected chi connectivity index (χ1v) is 10.8. The normalized spacial score (nSPS) is 16.2. The Balaban J connectivity index is 1.40. The number of benzene rings is 2. The number of rotatable bonds is 7. The van der Waals surface area contributed by atoms with Crippen molar-refractivity contribution in [1.82, 2.24) is 0 Å². The fourth-order valence-corrected chi connectivity index (χ4v) is 4.29. The molecule has 0 saturated carbocycles. The molecule has 4 rings (SSSR count). The molecule has 1 aromatic heterocycles. The van der Waals surface area contributed by atoms with Crippen LogP contribution >= 0.6 is 0 Å². The lowest BCUT2D eigenvalue weighted by Gasteiger charge is -2.18.